The van der Waals surface area contributed by atoms with E-state index in [2.05, 4.69) is 41.4 Å². The van der Waals surface area contributed by atoms with Crippen LogP contribution in [-0.2, 0) is 12.8 Å². The summed E-state index contributed by atoms with van der Waals surface area (Å²) in [5.74, 6) is 7.35. The van der Waals surface area contributed by atoms with Crippen LogP contribution >= 0.6 is 27.7 Å². The zero-order valence-electron chi connectivity index (χ0n) is 11.1. The Bertz CT molecular complexity index is 788. The molecule has 0 unspecified atom stereocenters. The van der Waals surface area contributed by atoms with Crippen molar-refractivity contribution in [3.63, 3.8) is 0 Å². The lowest BCUT2D eigenvalue weighted by atomic mass is 10.4. The lowest BCUT2D eigenvalue weighted by molar-refractivity contribution is 0.782. The quantitative estimate of drug-likeness (QED) is 0.415. The van der Waals surface area contributed by atoms with E-state index in [1.54, 1.807) is 28.8 Å². The van der Waals surface area contributed by atoms with Gasteiger partial charge in [-0.3, -0.25) is 4.68 Å². The number of thioether (sulfide) groups is 1. The van der Waals surface area contributed by atoms with Crippen molar-refractivity contribution < 1.29 is 0 Å². The average molecular weight is 366 g/mol. The number of nitrogen functional groups attached to an aromatic ring is 1. The smallest absolute Gasteiger partial charge is 0.163 e. The van der Waals surface area contributed by atoms with Crippen molar-refractivity contribution in [2.24, 2.45) is 12.9 Å². The van der Waals surface area contributed by atoms with E-state index in [4.69, 9.17) is 5.84 Å². The minimum absolute atomic E-state index is 0.573. The lowest BCUT2D eigenvalue weighted by Crippen LogP contribution is -2.11. The highest BCUT2D eigenvalue weighted by Gasteiger charge is 2.11. The zero-order chi connectivity index (χ0) is 14.8. The number of hydrogen-bond acceptors (Lipinski definition) is 7. The van der Waals surface area contributed by atoms with Gasteiger partial charge in [-0.2, -0.15) is 5.10 Å². The number of hydrazine groups is 1. The molecule has 3 rings (SSSR count). The second kappa shape index (κ2) is 5.96. The van der Waals surface area contributed by atoms with Crippen LogP contribution in [0.15, 0.2) is 34.0 Å². The first-order valence-electron chi connectivity index (χ1n) is 6.07. The number of fused-ring (bicyclic) bond motifs is 1. The molecular formula is C12H12BrN7S. The molecule has 3 aromatic heterocycles. The number of pyridine rings is 1. The molecule has 3 aromatic rings. The largest absolute Gasteiger partial charge is 0.308 e. The summed E-state index contributed by atoms with van der Waals surface area (Å²) in [6, 6.07) is 3.83. The van der Waals surface area contributed by atoms with Gasteiger partial charge in [0.2, 0.25) is 0 Å². The Morgan fingerprint density at radius 1 is 1.43 bits per heavy atom. The monoisotopic (exact) mass is 365 g/mol. The van der Waals surface area contributed by atoms with E-state index < -0.39 is 0 Å². The summed E-state index contributed by atoms with van der Waals surface area (Å²) >= 11 is 5.03. The Kier molecular flexibility index (Phi) is 4.04. The number of nitrogens with one attached hydrogen (secondary N) is 1. The van der Waals surface area contributed by atoms with Crippen molar-refractivity contribution >= 4 is 44.5 Å². The number of aromatic nitrogens is 5. The van der Waals surface area contributed by atoms with Crippen LogP contribution in [0.1, 0.15) is 5.82 Å². The van der Waals surface area contributed by atoms with Gasteiger partial charge in [0.25, 0.3) is 0 Å². The highest BCUT2D eigenvalue weighted by molar-refractivity contribution is 9.10. The summed E-state index contributed by atoms with van der Waals surface area (Å²) in [6.07, 6.45) is 3.45. The molecule has 0 amide bonds. The van der Waals surface area contributed by atoms with Gasteiger partial charge >= 0.3 is 0 Å². The fourth-order valence-corrected chi connectivity index (χ4v) is 3.19. The van der Waals surface area contributed by atoms with Crippen molar-refractivity contribution in [1.82, 2.24) is 24.7 Å². The molecule has 108 valence electrons. The second-order valence-corrected chi connectivity index (χ2v) is 6.04. The van der Waals surface area contributed by atoms with Crippen molar-refractivity contribution in [3.8, 4) is 0 Å². The standard InChI is InChI=1S/C12H12BrN7S/c1-20-11-7(5-16-20)10(19-14)17-9(18-11)6-21-12-8(13)3-2-4-15-12/h2-5H,6,14H2,1H3,(H,17,18,19). The topological polar surface area (TPSA) is 94.5 Å². The Hall–Kier alpha value is -1.71. The van der Waals surface area contributed by atoms with Gasteiger partial charge in [-0.1, -0.05) is 11.8 Å². The second-order valence-electron chi connectivity index (χ2n) is 4.22. The Balaban J connectivity index is 1.90. The molecule has 0 aliphatic rings. The third-order valence-corrected chi connectivity index (χ3v) is 4.74. The summed E-state index contributed by atoms with van der Waals surface area (Å²) in [5.41, 5.74) is 3.34. The molecule has 0 fully saturated rings. The number of rotatable bonds is 4. The van der Waals surface area contributed by atoms with Crippen molar-refractivity contribution in [1.29, 1.82) is 0 Å². The fraction of sp³-hybridized carbons (Fsp3) is 0.167. The number of aryl methyl sites for hydroxylation is 1. The summed E-state index contributed by atoms with van der Waals surface area (Å²) in [4.78, 5) is 13.2. The third kappa shape index (κ3) is 2.85. The van der Waals surface area contributed by atoms with Crippen LogP contribution in [0, 0.1) is 0 Å². The van der Waals surface area contributed by atoms with E-state index in [1.165, 1.54) is 0 Å². The molecule has 9 heteroatoms. The normalized spacial score (nSPS) is 11.0. The SMILES string of the molecule is Cn1ncc2c(NN)nc(CSc3ncccc3Br)nc21. The summed E-state index contributed by atoms with van der Waals surface area (Å²) in [7, 11) is 1.84. The van der Waals surface area contributed by atoms with E-state index in [1.807, 2.05) is 19.2 Å². The highest BCUT2D eigenvalue weighted by atomic mass is 79.9. The Labute approximate surface area is 133 Å². The molecule has 0 saturated heterocycles. The van der Waals surface area contributed by atoms with Crippen molar-refractivity contribution in [2.75, 3.05) is 5.43 Å². The van der Waals surface area contributed by atoms with Gasteiger partial charge < -0.3 is 5.43 Å². The van der Waals surface area contributed by atoms with E-state index >= 15 is 0 Å². The van der Waals surface area contributed by atoms with E-state index in [9.17, 15) is 0 Å². The number of nitrogens with zero attached hydrogens (tertiary/aromatic N) is 5. The number of anilines is 1. The fourth-order valence-electron chi connectivity index (χ4n) is 1.85. The maximum absolute atomic E-state index is 5.52. The molecule has 0 aliphatic heterocycles. The van der Waals surface area contributed by atoms with Gasteiger partial charge in [-0.25, -0.2) is 20.8 Å². The van der Waals surface area contributed by atoms with Crippen molar-refractivity contribution in [2.45, 2.75) is 10.8 Å². The molecule has 0 aromatic carbocycles. The number of halogens is 1. The summed E-state index contributed by atoms with van der Waals surface area (Å²) in [5, 5.41) is 5.87. The predicted octanol–water partition coefficient (Wildman–Crippen LogP) is 2.10. The minimum atomic E-state index is 0.573. The van der Waals surface area contributed by atoms with Crippen LogP contribution in [-0.4, -0.2) is 24.7 Å². The van der Waals surface area contributed by atoms with Crippen LogP contribution in [0.25, 0.3) is 11.0 Å². The van der Waals surface area contributed by atoms with Crippen LogP contribution < -0.4 is 11.3 Å². The maximum Gasteiger partial charge on any atom is 0.163 e. The first kappa shape index (κ1) is 14.2. The molecule has 0 radical (unpaired) electrons. The molecule has 7 nitrogen and oxygen atoms in total. The summed E-state index contributed by atoms with van der Waals surface area (Å²) < 4.78 is 2.65. The van der Waals surface area contributed by atoms with E-state index in [0.29, 0.717) is 17.4 Å². The molecule has 3 heterocycles. The van der Waals surface area contributed by atoms with Crippen LogP contribution in [0.4, 0.5) is 5.82 Å². The molecule has 0 atom stereocenters. The molecule has 0 bridgehead atoms. The first-order chi connectivity index (χ1) is 10.2. The van der Waals surface area contributed by atoms with Gasteiger partial charge in [-0.05, 0) is 28.1 Å². The Morgan fingerprint density at radius 2 is 2.29 bits per heavy atom. The van der Waals surface area contributed by atoms with Gasteiger partial charge in [0.05, 0.1) is 17.3 Å². The number of nitrogens with two attached hydrogens (primary N) is 1. The van der Waals surface area contributed by atoms with Crippen molar-refractivity contribution in [3.05, 3.63) is 34.8 Å². The summed E-state index contributed by atoms with van der Waals surface area (Å²) in [6.45, 7) is 0. The third-order valence-electron chi connectivity index (χ3n) is 2.84. The van der Waals surface area contributed by atoms with Crippen LogP contribution in [0.3, 0.4) is 0 Å². The lowest BCUT2D eigenvalue weighted by Gasteiger charge is -2.06. The zero-order valence-corrected chi connectivity index (χ0v) is 13.5. The van der Waals surface area contributed by atoms with E-state index in [0.717, 1.165) is 20.5 Å². The number of hydrogen-bond donors (Lipinski definition) is 2. The van der Waals surface area contributed by atoms with Crippen LogP contribution in [0.2, 0.25) is 0 Å². The molecule has 21 heavy (non-hydrogen) atoms. The molecule has 0 saturated carbocycles. The van der Waals surface area contributed by atoms with Crippen LogP contribution in [0.5, 0.6) is 0 Å². The van der Waals surface area contributed by atoms with Gasteiger partial charge in [0.15, 0.2) is 11.5 Å². The first-order valence-corrected chi connectivity index (χ1v) is 7.85. The van der Waals surface area contributed by atoms with Gasteiger partial charge in [0, 0.05) is 17.7 Å². The van der Waals surface area contributed by atoms with E-state index in [-0.39, 0.29) is 0 Å². The van der Waals surface area contributed by atoms with Gasteiger partial charge in [0.1, 0.15) is 10.9 Å². The molecule has 0 aliphatic carbocycles. The average Bonchev–Trinajstić information content (AvgIpc) is 2.87. The van der Waals surface area contributed by atoms with Gasteiger partial charge in [-0.15, -0.1) is 0 Å². The predicted molar refractivity (Wildman–Crippen MR) is 85.6 cm³/mol. The molecular weight excluding hydrogens is 354 g/mol. The maximum atomic E-state index is 5.52. The molecule has 3 N–H and O–H groups in total. The Morgan fingerprint density at radius 3 is 3.05 bits per heavy atom. The molecule has 0 spiro atoms. The highest BCUT2D eigenvalue weighted by Crippen LogP contribution is 2.28. The minimum Gasteiger partial charge on any atom is -0.308 e.